The van der Waals surface area contributed by atoms with E-state index in [1.165, 1.54) is 0 Å². The Morgan fingerprint density at radius 1 is 0.852 bits per heavy atom. The summed E-state index contributed by atoms with van der Waals surface area (Å²) in [5.74, 6) is 2.25. The average molecular weight is 361 g/mol. The fourth-order valence-electron chi connectivity index (χ4n) is 3.07. The van der Waals surface area contributed by atoms with E-state index in [9.17, 15) is 0 Å². The molecule has 138 valence electrons. The van der Waals surface area contributed by atoms with Crippen molar-refractivity contribution in [3.05, 3.63) is 72.9 Å². The van der Waals surface area contributed by atoms with Gasteiger partial charge in [0.15, 0.2) is 0 Å². The van der Waals surface area contributed by atoms with Crippen molar-refractivity contribution >= 4 is 0 Å². The van der Waals surface area contributed by atoms with Crippen molar-refractivity contribution in [1.29, 1.82) is 0 Å². The Morgan fingerprint density at radius 3 is 2.15 bits per heavy atom. The molecule has 1 aromatic heterocycles. The highest BCUT2D eigenvalue weighted by Crippen LogP contribution is 2.29. The minimum absolute atomic E-state index is 0.390. The highest BCUT2D eigenvalue weighted by molar-refractivity contribution is 5.65. The van der Waals surface area contributed by atoms with Gasteiger partial charge in [-0.2, -0.15) is 0 Å². The third-order valence-electron chi connectivity index (χ3n) is 4.66. The Labute approximate surface area is 159 Å². The topological polar surface area (TPSA) is 43.9 Å². The third-order valence-corrected chi connectivity index (χ3v) is 4.66. The number of benzene rings is 2. The zero-order valence-electron chi connectivity index (χ0n) is 15.4. The fourth-order valence-corrected chi connectivity index (χ4v) is 3.07. The van der Waals surface area contributed by atoms with E-state index < -0.39 is 0 Å². The van der Waals surface area contributed by atoms with Gasteiger partial charge in [0.25, 0.3) is 0 Å². The van der Waals surface area contributed by atoms with Gasteiger partial charge in [-0.1, -0.05) is 37.3 Å². The molecule has 0 radical (unpaired) electrons. The minimum atomic E-state index is 0.390. The van der Waals surface area contributed by atoms with Crippen molar-refractivity contribution in [3.8, 4) is 28.5 Å². The number of ether oxygens (including phenoxy) is 3. The molecule has 2 heterocycles. The zero-order valence-corrected chi connectivity index (χ0v) is 15.4. The van der Waals surface area contributed by atoms with Gasteiger partial charge in [-0.15, -0.1) is 0 Å². The largest absolute Gasteiger partial charge is 0.493 e. The van der Waals surface area contributed by atoms with Crippen LogP contribution in [0.4, 0.5) is 0 Å². The molecular weight excluding hydrogens is 338 g/mol. The summed E-state index contributed by atoms with van der Waals surface area (Å²) in [4.78, 5) is 4.17. The number of aromatic nitrogens is 1. The standard InChI is InChI=1S/C23H23NO3/c1-2-21-22(27-21)14-16-25-19-10-6-17(7-11-19)18-8-12-20(13-9-18)26-23-5-3-4-15-24-23/h3-13,15,21-22H,2,14,16H2,1H3. The first kappa shape index (κ1) is 17.6. The lowest BCUT2D eigenvalue weighted by Gasteiger charge is -2.08. The van der Waals surface area contributed by atoms with Crippen molar-refractivity contribution in [2.75, 3.05) is 6.61 Å². The van der Waals surface area contributed by atoms with Crippen LogP contribution < -0.4 is 9.47 Å². The first-order valence-electron chi connectivity index (χ1n) is 9.39. The predicted octanol–water partition coefficient (Wildman–Crippen LogP) is 5.49. The van der Waals surface area contributed by atoms with E-state index >= 15 is 0 Å². The summed E-state index contributed by atoms with van der Waals surface area (Å²) >= 11 is 0. The van der Waals surface area contributed by atoms with Crippen molar-refractivity contribution in [2.45, 2.75) is 32.0 Å². The van der Waals surface area contributed by atoms with Crippen molar-refractivity contribution in [1.82, 2.24) is 4.98 Å². The molecule has 0 N–H and O–H groups in total. The van der Waals surface area contributed by atoms with Gasteiger partial charge in [-0.05, 0) is 47.9 Å². The summed E-state index contributed by atoms with van der Waals surface area (Å²) in [5, 5.41) is 0. The molecule has 2 atom stereocenters. The molecule has 1 aliphatic rings. The molecule has 2 aromatic carbocycles. The Kier molecular flexibility index (Phi) is 5.35. The number of hydrogen-bond donors (Lipinski definition) is 0. The molecule has 1 aliphatic heterocycles. The molecular formula is C23H23NO3. The lowest BCUT2D eigenvalue weighted by molar-refractivity contribution is 0.280. The monoisotopic (exact) mass is 361 g/mol. The van der Waals surface area contributed by atoms with Gasteiger partial charge in [-0.25, -0.2) is 4.98 Å². The summed E-state index contributed by atoms with van der Waals surface area (Å²) in [6.07, 6.45) is 4.60. The molecule has 27 heavy (non-hydrogen) atoms. The van der Waals surface area contributed by atoms with Gasteiger partial charge in [-0.3, -0.25) is 0 Å². The van der Waals surface area contributed by atoms with E-state index in [1.54, 1.807) is 6.20 Å². The number of hydrogen-bond acceptors (Lipinski definition) is 4. The molecule has 0 amide bonds. The lowest BCUT2D eigenvalue weighted by atomic mass is 10.1. The van der Waals surface area contributed by atoms with Gasteiger partial charge in [0.2, 0.25) is 5.88 Å². The van der Waals surface area contributed by atoms with Gasteiger partial charge < -0.3 is 14.2 Å². The van der Waals surface area contributed by atoms with Gasteiger partial charge >= 0.3 is 0 Å². The van der Waals surface area contributed by atoms with E-state index in [1.807, 2.05) is 54.6 Å². The second-order valence-electron chi connectivity index (χ2n) is 6.58. The van der Waals surface area contributed by atoms with Crippen LogP contribution in [0.1, 0.15) is 19.8 Å². The van der Waals surface area contributed by atoms with Gasteiger partial charge in [0.1, 0.15) is 11.5 Å². The summed E-state index contributed by atoms with van der Waals surface area (Å²) in [7, 11) is 0. The van der Waals surface area contributed by atoms with Crippen LogP contribution in [-0.4, -0.2) is 23.8 Å². The number of nitrogens with zero attached hydrogens (tertiary/aromatic N) is 1. The maximum absolute atomic E-state index is 5.82. The van der Waals surface area contributed by atoms with Crippen LogP contribution >= 0.6 is 0 Å². The molecule has 4 heteroatoms. The first-order valence-corrected chi connectivity index (χ1v) is 9.39. The smallest absolute Gasteiger partial charge is 0.219 e. The molecule has 0 spiro atoms. The van der Waals surface area contributed by atoms with Crippen molar-refractivity contribution in [3.63, 3.8) is 0 Å². The minimum Gasteiger partial charge on any atom is -0.493 e. The molecule has 0 aliphatic carbocycles. The SMILES string of the molecule is CCC1OC1CCOc1ccc(-c2ccc(Oc3ccccn3)cc2)cc1. The maximum atomic E-state index is 5.82. The highest BCUT2D eigenvalue weighted by atomic mass is 16.6. The highest BCUT2D eigenvalue weighted by Gasteiger charge is 2.36. The summed E-state index contributed by atoms with van der Waals surface area (Å²) < 4.78 is 17.1. The normalized spacial score (nSPS) is 18.1. The van der Waals surface area contributed by atoms with Crippen LogP contribution in [0.2, 0.25) is 0 Å². The second-order valence-corrected chi connectivity index (χ2v) is 6.58. The Bertz CT molecular complexity index is 847. The molecule has 1 fully saturated rings. The average Bonchev–Trinajstić information content (AvgIpc) is 3.49. The molecule has 1 saturated heterocycles. The van der Waals surface area contributed by atoms with Crippen LogP contribution in [0.5, 0.6) is 17.4 Å². The van der Waals surface area contributed by atoms with E-state index in [4.69, 9.17) is 14.2 Å². The Balaban J connectivity index is 1.31. The predicted molar refractivity (Wildman–Crippen MR) is 105 cm³/mol. The van der Waals surface area contributed by atoms with Crippen LogP contribution in [0.3, 0.4) is 0 Å². The summed E-state index contributed by atoms with van der Waals surface area (Å²) in [6, 6.07) is 21.8. The van der Waals surface area contributed by atoms with Gasteiger partial charge in [0, 0.05) is 18.7 Å². The van der Waals surface area contributed by atoms with Crippen molar-refractivity contribution < 1.29 is 14.2 Å². The number of rotatable bonds is 8. The molecule has 4 nitrogen and oxygen atoms in total. The van der Waals surface area contributed by atoms with E-state index in [0.29, 0.717) is 24.7 Å². The van der Waals surface area contributed by atoms with E-state index in [-0.39, 0.29) is 0 Å². The third kappa shape index (κ3) is 4.66. The first-order chi connectivity index (χ1) is 13.3. The molecule has 4 rings (SSSR count). The van der Waals surface area contributed by atoms with Gasteiger partial charge in [0.05, 0.1) is 18.8 Å². The van der Waals surface area contributed by atoms with Crippen LogP contribution in [0.15, 0.2) is 72.9 Å². The molecule has 0 saturated carbocycles. The Morgan fingerprint density at radius 2 is 1.56 bits per heavy atom. The Hall–Kier alpha value is -2.85. The van der Waals surface area contributed by atoms with Crippen molar-refractivity contribution in [2.24, 2.45) is 0 Å². The summed E-state index contributed by atoms with van der Waals surface area (Å²) in [5.41, 5.74) is 2.27. The van der Waals surface area contributed by atoms with Crippen LogP contribution in [-0.2, 0) is 4.74 Å². The molecule has 3 aromatic rings. The maximum Gasteiger partial charge on any atom is 0.219 e. The molecule has 0 bridgehead atoms. The molecule has 2 unspecified atom stereocenters. The van der Waals surface area contributed by atoms with E-state index in [2.05, 4.69) is 24.0 Å². The second kappa shape index (κ2) is 8.23. The zero-order chi connectivity index (χ0) is 18.5. The quantitative estimate of drug-likeness (QED) is 0.498. The fraction of sp³-hybridized carbons (Fsp3) is 0.261. The van der Waals surface area contributed by atoms with Crippen LogP contribution in [0.25, 0.3) is 11.1 Å². The lowest BCUT2D eigenvalue weighted by Crippen LogP contribution is -2.03. The van der Waals surface area contributed by atoms with E-state index in [0.717, 1.165) is 35.5 Å². The number of pyridine rings is 1. The summed E-state index contributed by atoms with van der Waals surface area (Å²) in [6.45, 7) is 2.85. The van der Waals surface area contributed by atoms with Crippen LogP contribution in [0, 0.1) is 0 Å². The number of epoxide rings is 1.